The number of fused-ring (bicyclic) bond motifs is 1. The molecule has 0 bridgehead atoms. The summed E-state index contributed by atoms with van der Waals surface area (Å²) in [6.45, 7) is 0.556. The molecule has 0 heterocycles. The molecule has 0 fully saturated rings. The van der Waals surface area contributed by atoms with Crippen molar-refractivity contribution in [3.63, 3.8) is 0 Å². The molecule has 2 aromatic rings. The van der Waals surface area contributed by atoms with Gasteiger partial charge in [0.15, 0.2) is 0 Å². The standard InChI is InChI=1S/C17H18ClNO/c18-14-8-5-13(6-9-14)17(20)11-19-16-10-7-12-3-1-2-4-15(12)16/h1-6,8-9,16-17,19-20H,7,10-11H2. The molecular formula is C17H18ClNO. The van der Waals surface area contributed by atoms with E-state index in [1.807, 2.05) is 24.3 Å². The highest BCUT2D eigenvalue weighted by molar-refractivity contribution is 6.30. The van der Waals surface area contributed by atoms with E-state index in [9.17, 15) is 5.11 Å². The van der Waals surface area contributed by atoms with E-state index in [-0.39, 0.29) is 0 Å². The Labute approximate surface area is 124 Å². The van der Waals surface area contributed by atoms with E-state index >= 15 is 0 Å². The van der Waals surface area contributed by atoms with Crippen molar-refractivity contribution in [1.82, 2.24) is 5.32 Å². The summed E-state index contributed by atoms with van der Waals surface area (Å²) in [5.41, 5.74) is 3.69. The van der Waals surface area contributed by atoms with Gasteiger partial charge < -0.3 is 10.4 Å². The molecule has 1 aliphatic carbocycles. The minimum absolute atomic E-state index is 0.355. The van der Waals surface area contributed by atoms with Gasteiger partial charge in [0, 0.05) is 17.6 Å². The lowest BCUT2D eigenvalue weighted by molar-refractivity contribution is 0.169. The highest BCUT2D eigenvalue weighted by atomic mass is 35.5. The smallest absolute Gasteiger partial charge is 0.0914 e. The van der Waals surface area contributed by atoms with Crippen LogP contribution in [0.15, 0.2) is 48.5 Å². The van der Waals surface area contributed by atoms with Crippen molar-refractivity contribution in [3.8, 4) is 0 Å². The second kappa shape index (κ2) is 5.96. The first-order valence-electron chi connectivity index (χ1n) is 6.99. The third kappa shape index (κ3) is 2.88. The molecule has 104 valence electrons. The summed E-state index contributed by atoms with van der Waals surface area (Å²) < 4.78 is 0. The average Bonchev–Trinajstić information content (AvgIpc) is 2.89. The van der Waals surface area contributed by atoms with Gasteiger partial charge in [-0.05, 0) is 41.7 Å². The Morgan fingerprint density at radius 2 is 1.90 bits per heavy atom. The lowest BCUT2D eigenvalue weighted by Crippen LogP contribution is -2.25. The molecule has 20 heavy (non-hydrogen) atoms. The predicted molar refractivity (Wildman–Crippen MR) is 81.9 cm³/mol. The Balaban J connectivity index is 1.62. The second-order valence-corrected chi connectivity index (χ2v) is 5.70. The number of benzene rings is 2. The number of rotatable bonds is 4. The molecule has 2 atom stereocenters. The van der Waals surface area contributed by atoms with E-state index in [0.717, 1.165) is 18.4 Å². The molecule has 3 heteroatoms. The van der Waals surface area contributed by atoms with Crippen LogP contribution in [0.3, 0.4) is 0 Å². The number of hydrogen-bond acceptors (Lipinski definition) is 2. The Kier molecular flexibility index (Phi) is 4.06. The van der Waals surface area contributed by atoms with Gasteiger partial charge in [0.25, 0.3) is 0 Å². The molecule has 0 amide bonds. The molecule has 0 saturated heterocycles. The molecule has 2 aromatic carbocycles. The fourth-order valence-corrected chi connectivity index (χ4v) is 2.95. The van der Waals surface area contributed by atoms with E-state index in [1.54, 1.807) is 0 Å². The largest absolute Gasteiger partial charge is 0.387 e. The van der Waals surface area contributed by atoms with Crippen LogP contribution < -0.4 is 5.32 Å². The summed E-state index contributed by atoms with van der Waals surface area (Å²) in [6.07, 6.45) is 1.72. The van der Waals surface area contributed by atoms with Crippen LogP contribution in [0.5, 0.6) is 0 Å². The molecule has 0 saturated carbocycles. The topological polar surface area (TPSA) is 32.3 Å². The Hall–Kier alpha value is -1.35. The van der Waals surface area contributed by atoms with Crippen LogP contribution in [0.25, 0.3) is 0 Å². The molecule has 2 N–H and O–H groups in total. The first-order valence-corrected chi connectivity index (χ1v) is 7.36. The van der Waals surface area contributed by atoms with Crippen LogP contribution >= 0.6 is 11.6 Å². The van der Waals surface area contributed by atoms with Crippen molar-refractivity contribution in [2.45, 2.75) is 25.0 Å². The number of nitrogens with one attached hydrogen (secondary N) is 1. The van der Waals surface area contributed by atoms with Crippen LogP contribution in [-0.2, 0) is 6.42 Å². The van der Waals surface area contributed by atoms with Gasteiger partial charge in [-0.1, -0.05) is 48.0 Å². The fourth-order valence-electron chi connectivity index (χ4n) is 2.83. The van der Waals surface area contributed by atoms with Crippen LogP contribution in [0.1, 0.15) is 35.3 Å². The maximum atomic E-state index is 10.2. The lowest BCUT2D eigenvalue weighted by Gasteiger charge is -2.17. The van der Waals surface area contributed by atoms with E-state index < -0.39 is 6.10 Å². The molecular weight excluding hydrogens is 270 g/mol. The van der Waals surface area contributed by atoms with Crippen molar-refractivity contribution in [3.05, 3.63) is 70.2 Å². The summed E-state index contributed by atoms with van der Waals surface area (Å²) in [4.78, 5) is 0. The zero-order valence-electron chi connectivity index (χ0n) is 11.2. The molecule has 1 aliphatic rings. The van der Waals surface area contributed by atoms with E-state index in [0.29, 0.717) is 17.6 Å². The molecule has 2 nitrogen and oxygen atoms in total. The SMILES string of the molecule is OC(CNC1CCc2ccccc21)c1ccc(Cl)cc1. The van der Waals surface area contributed by atoms with Gasteiger partial charge in [-0.25, -0.2) is 0 Å². The summed E-state index contributed by atoms with van der Waals surface area (Å²) in [7, 11) is 0. The van der Waals surface area contributed by atoms with Crippen LogP contribution in [0.4, 0.5) is 0 Å². The summed E-state index contributed by atoms with van der Waals surface area (Å²) in [5, 5.41) is 14.4. The number of aliphatic hydroxyl groups is 1. The lowest BCUT2D eigenvalue weighted by atomic mass is 10.1. The van der Waals surface area contributed by atoms with Crippen molar-refractivity contribution in [2.24, 2.45) is 0 Å². The maximum Gasteiger partial charge on any atom is 0.0914 e. The van der Waals surface area contributed by atoms with Gasteiger partial charge in [0.05, 0.1) is 6.10 Å². The van der Waals surface area contributed by atoms with Crippen molar-refractivity contribution in [2.75, 3.05) is 6.54 Å². The summed E-state index contributed by atoms with van der Waals surface area (Å²) >= 11 is 5.86. The third-order valence-electron chi connectivity index (χ3n) is 3.95. The van der Waals surface area contributed by atoms with E-state index in [2.05, 4.69) is 29.6 Å². The van der Waals surface area contributed by atoms with Gasteiger partial charge >= 0.3 is 0 Å². The van der Waals surface area contributed by atoms with Crippen molar-refractivity contribution in [1.29, 1.82) is 0 Å². The summed E-state index contributed by atoms with van der Waals surface area (Å²) in [6, 6.07) is 16.2. The number of halogens is 1. The van der Waals surface area contributed by atoms with Crippen LogP contribution in [0, 0.1) is 0 Å². The van der Waals surface area contributed by atoms with Gasteiger partial charge in [-0.3, -0.25) is 0 Å². The van der Waals surface area contributed by atoms with E-state index in [4.69, 9.17) is 11.6 Å². The molecule has 3 rings (SSSR count). The summed E-state index contributed by atoms with van der Waals surface area (Å²) in [5.74, 6) is 0. The van der Waals surface area contributed by atoms with Crippen LogP contribution in [-0.4, -0.2) is 11.7 Å². The first kappa shape index (κ1) is 13.6. The molecule has 0 aliphatic heterocycles. The zero-order chi connectivity index (χ0) is 13.9. The number of hydrogen-bond donors (Lipinski definition) is 2. The predicted octanol–water partition coefficient (Wildman–Crippen LogP) is 3.65. The zero-order valence-corrected chi connectivity index (χ0v) is 12.0. The number of aryl methyl sites for hydroxylation is 1. The minimum atomic E-state index is -0.500. The van der Waals surface area contributed by atoms with Gasteiger partial charge in [0.2, 0.25) is 0 Å². The Morgan fingerprint density at radius 1 is 1.15 bits per heavy atom. The molecule has 0 aromatic heterocycles. The Bertz CT molecular complexity index is 582. The number of aliphatic hydroxyl groups excluding tert-OH is 1. The van der Waals surface area contributed by atoms with Gasteiger partial charge in [0.1, 0.15) is 0 Å². The monoisotopic (exact) mass is 287 g/mol. The van der Waals surface area contributed by atoms with Crippen molar-refractivity contribution >= 4 is 11.6 Å². The van der Waals surface area contributed by atoms with Gasteiger partial charge in [-0.2, -0.15) is 0 Å². The second-order valence-electron chi connectivity index (χ2n) is 5.27. The average molecular weight is 288 g/mol. The van der Waals surface area contributed by atoms with E-state index in [1.165, 1.54) is 11.1 Å². The molecule has 0 spiro atoms. The van der Waals surface area contributed by atoms with Gasteiger partial charge in [-0.15, -0.1) is 0 Å². The fraction of sp³-hybridized carbons (Fsp3) is 0.294. The van der Waals surface area contributed by atoms with Crippen LogP contribution in [0.2, 0.25) is 5.02 Å². The normalized spacial score (nSPS) is 18.8. The quantitative estimate of drug-likeness (QED) is 0.900. The van der Waals surface area contributed by atoms with Crippen molar-refractivity contribution < 1.29 is 5.11 Å². The molecule has 0 radical (unpaired) electrons. The first-order chi connectivity index (χ1) is 9.74. The highest BCUT2D eigenvalue weighted by Gasteiger charge is 2.22. The Morgan fingerprint density at radius 3 is 2.70 bits per heavy atom. The minimum Gasteiger partial charge on any atom is -0.387 e. The highest BCUT2D eigenvalue weighted by Crippen LogP contribution is 2.31. The third-order valence-corrected chi connectivity index (χ3v) is 4.20. The maximum absolute atomic E-state index is 10.2. The molecule has 2 unspecified atom stereocenters.